The van der Waals surface area contributed by atoms with Gasteiger partial charge in [-0.3, -0.25) is 9.20 Å². The van der Waals surface area contributed by atoms with Crippen molar-refractivity contribution < 1.29 is 4.79 Å². The van der Waals surface area contributed by atoms with E-state index in [2.05, 4.69) is 9.97 Å². The number of rotatable bonds is 2. The summed E-state index contributed by atoms with van der Waals surface area (Å²) >= 11 is 6.09. The van der Waals surface area contributed by atoms with E-state index in [0.29, 0.717) is 22.6 Å². The second-order valence-corrected chi connectivity index (χ2v) is 5.47. The molecule has 0 spiro atoms. The molecular formula is C16H11ClN4O. The molecule has 3 heterocycles. The van der Waals surface area contributed by atoms with Gasteiger partial charge in [0.15, 0.2) is 12.1 Å². The number of anilines is 1. The number of aldehydes is 1. The Morgan fingerprint density at radius 2 is 2.14 bits per heavy atom. The average Bonchev–Trinajstić information content (AvgIpc) is 3.05. The molecule has 0 fully saturated rings. The summed E-state index contributed by atoms with van der Waals surface area (Å²) in [5.41, 5.74) is 9.70. The van der Waals surface area contributed by atoms with E-state index in [0.717, 1.165) is 22.0 Å². The van der Waals surface area contributed by atoms with E-state index in [1.165, 1.54) is 0 Å². The zero-order chi connectivity index (χ0) is 15.3. The zero-order valence-electron chi connectivity index (χ0n) is 11.4. The molecule has 6 heteroatoms. The number of nitrogens with two attached hydrogens (primary N) is 1. The van der Waals surface area contributed by atoms with Crippen LogP contribution in [0.15, 0.2) is 42.7 Å². The van der Waals surface area contributed by atoms with Crippen molar-refractivity contribution in [2.75, 3.05) is 5.73 Å². The summed E-state index contributed by atoms with van der Waals surface area (Å²) in [7, 11) is 0. The van der Waals surface area contributed by atoms with Crippen molar-refractivity contribution >= 4 is 40.3 Å². The van der Waals surface area contributed by atoms with Crippen LogP contribution < -0.4 is 5.73 Å². The number of aromatic amines is 1. The maximum absolute atomic E-state index is 11.2. The number of aromatic nitrogens is 3. The Balaban J connectivity index is 2.00. The van der Waals surface area contributed by atoms with Crippen LogP contribution in [0, 0.1) is 0 Å². The van der Waals surface area contributed by atoms with Gasteiger partial charge in [0, 0.05) is 39.4 Å². The van der Waals surface area contributed by atoms with Crippen LogP contribution in [0.3, 0.4) is 0 Å². The minimum Gasteiger partial charge on any atom is -0.382 e. The highest BCUT2D eigenvalue weighted by Gasteiger charge is 2.12. The molecule has 3 aromatic heterocycles. The Labute approximate surface area is 130 Å². The van der Waals surface area contributed by atoms with Crippen LogP contribution in [0.2, 0.25) is 5.02 Å². The van der Waals surface area contributed by atoms with Crippen LogP contribution in [-0.4, -0.2) is 20.7 Å². The highest BCUT2D eigenvalue weighted by molar-refractivity contribution is 6.31. The molecule has 1 aromatic carbocycles. The van der Waals surface area contributed by atoms with Gasteiger partial charge in [-0.25, -0.2) is 4.98 Å². The lowest BCUT2D eigenvalue weighted by Gasteiger charge is -2.03. The van der Waals surface area contributed by atoms with E-state index in [-0.39, 0.29) is 5.82 Å². The Kier molecular flexibility index (Phi) is 2.71. The molecule has 4 rings (SSSR count). The Hall–Kier alpha value is -2.79. The van der Waals surface area contributed by atoms with Crippen molar-refractivity contribution in [1.82, 2.24) is 14.4 Å². The molecule has 5 nitrogen and oxygen atoms in total. The van der Waals surface area contributed by atoms with Crippen molar-refractivity contribution in [3.05, 3.63) is 53.4 Å². The number of nitrogens with zero attached hydrogens (tertiary/aromatic N) is 2. The third-order valence-corrected chi connectivity index (χ3v) is 3.99. The molecule has 0 amide bonds. The highest BCUT2D eigenvalue weighted by Crippen LogP contribution is 2.31. The summed E-state index contributed by atoms with van der Waals surface area (Å²) in [6.45, 7) is 0. The van der Waals surface area contributed by atoms with Gasteiger partial charge in [0.25, 0.3) is 0 Å². The van der Waals surface area contributed by atoms with Gasteiger partial charge >= 0.3 is 0 Å². The van der Waals surface area contributed by atoms with Gasteiger partial charge in [-0.2, -0.15) is 0 Å². The predicted molar refractivity (Wildman–Crippen MR) is 87.3 cm³/mol. The maximum atomic E-state index is 11.2. The fourth-order valence-electron chi connectivity index (χ4n) is 2.69. The number of pyridine rings is 1. The van der Waals surface area contributed by atoms with Gasteiger partial charge in [-0.1, -0.05) is 11.6 Å². The SMILES string of the molecule is Nc1nc2ccc(-c3c[nH]c4ccc(Cl)cc34)cn2c1C=O. The quantitative estimate of drug-likeness (QED) is 0.556. The van der Waals surface area contributed by atoms with Crippen molar-refractivity contribution in [3.8, 4) is 11.1 Å². The van der Waals surface area contributed by atoms with Gasteiger partial charge in [-0.05, 0) is 30.3 Å². The number of nitrogens with one attached hydrogen (secondary N) is 1. The molecule has 0 bridgehead atoms. The summed E-state index contributed by atoms with van der Waals surface area (Å²) in [5.74, 6) is 0.231. The predicted octanol–water partition coefficient (Wildman–Crippen LogP) is 3.53. The minimum atomic E-state index is 0.231. The molecule has 0 aliphatic heterocycles. The number of halogens is 1. The highest BCUT2D eigenvalue weighted by atomic mass is 35.5. The lowest BCUT2D eigenvalue weighted by atomic mass is 10.1. The third-order valence-electron chi connectivity index (χ3n) is 3.75. The molecule has 0 saturated carbocycles. The first-order valence-electron chi connectivity index (χ1n) is 6.67. The second-order valence-electron chi connectivity index (χ2n) is 5.04. The number of carbonyl (C=O) groups is 1. The molecule has 4 aromatic rings. The zero-order valence-corrected chi connectivity index (χ0v) is 12.1. The summed E-state index contributed by atoms with van der Waals surface area (Å²) in [6.07, 6.45) is 4.49. The molecule has 0 saturated heterocycles. The molecular weight excluding hydrogens is 300 g/mol. The minimum absolute atomic E-state index is 0.231. The number of imidazole rings is 1. The van der Waals surface area contributed by atoms with Crippen LogP contribution in [0.4, 0.5) is 5.82 Å². The molecule has 108 valence electrons. The summed E-state index contributed by atoms with van der Waals surface area (Å²) in [4.78, 5) is 18.6. The smallest absolute Gasteiger partial charge is 0.170 e. The first kappa shape index (κ1) is 12.9. The van der Waals surface area contributed by atoms with E-state index in [9.17, 15) is 4.79 Å². The molecule has 0 aliphatic rings. The largest absolute Gasteiger partial charge is 0.382 e. The van der Waals surface area contributed by atoms with Gasteiger partial charge in [0.2, 0.25) is 0 Å². The van der Waals surface area contributed by atoms with Crippen LogP contribution in [0.1, 0.15) is 10.5 Å². The van der Waals surface area contributed by atoms with Crippen LogP contribution in [0.25, 0.3) is 27.7 Å². The van der Waals surface area contributed by atoms with E-state index < -0.39 is 0 Å². The molecule has 0 radical (unpaired) electrons. The summed E-state index contributed by atoms with van der Waals surface area (Å²) in [5, 5.41) is 1.70. The van der Waals surface area contributed by atoms with Crippen molar-refractivity contribution in [1.29, 1.82) is 0 Å². The Morgan fingerprint density at radius 1 is 1.27 bits per heavy atom. The molecule has 22 heavy (non-hydrogen) atoms. The first-order chi connectivity index (χ1) is 10.7. The van der Waals surface area contributed by atoms with Crippen molar-refractivity contribution in [3.63, 3.8) is 0 Å². The fraction of sp³-hybridized carbons (Fsp3) is 0. The molecule has 3 N–H and O–H groups in total. The van der Waals surface area contributed by atoms with Gasteiger partial charge in [-0.15, -0.1) is 0 Å². The number of benzene rings is 1. The van der Waals surface area contributed by atoms with E-state index in [1.54, 1.807) is 4.40 Å². The van der Waals surface area contributed by atoms with E-state index in [4.69, 9.17) is 17.3 Å². The van der Waals surface area contributed by atoms with Crippen LogP contribution in [-0.2, 0) is 0 Å². The standard InChI is InChI=1S/C16H11ClN4O/c17-10-2-3-13-11(5-10)12(6-19-13)9-1-4-15-20-16(18)14(8-22)21(15)7-9/h1-8,19H,18H2. The monoisotopic (exact) mass is 310 g/mol. The topological polar surface area (TPSA) is 76.2 Å². The fourth-order valence-corrected chi connectivity index (χ4v) is 2.86. The first-order valence-corrected chi connectivity index (χ1v) is 7.05. The van der Waals surface area contributed by atoms with Gasteiger partial charge in [0.05, 0.1) is 0 Å². The van der Waals surface area contributed by atoms with E-state index in [1.807, 2.05) is 42.7 Å². The molecule has 0 aliphatic carbocycles. The lowest BCUT2D eigenvalue weighted by Crippen LogP contribution is -1.95. The number of fused-ring (bicyclic) bond motifs is 2. The number of H-pyrrole nitrogens is 1. The normalized spacial score (nSPS) is 11.3. The third kappa shape index (κ3) is 1.79. The number of nitrogen functional groups attached to an aromatic ring is 1. The average molecular weight is 311 g/mol. The van der Waals surface area contributed by atoms with Crippen molar-refractivity contribution in [2.45, 2.75) is 0 Å². The van der Waals surface area contributed by atoms with E-state index >= 15 is 0 Å². The number of hydrogen-bond acceptors (Lipinski definition) is 3. The van der Waals surface area contributed by atoms with Gasteiger partial charge < -0.3 is 10.7 Å². The summed E-state index contributed by atoms with van der Waals surface area (Å²) in [6, 6.07) is 9.47. The Bertz CT molecular complexity index is 1030. The summed E-state index contributed by atoms with van der Waals surface area (Å²) < 4.78 is 1.70. The van der Waals surface area contributed by atoms with Gasteiger partial charge in [0.1, 0.15) is 11.3 Å². The number of carbonyl (C=O) groups excluding carboxylic acids is 1. The van der Waals surface area contributed by atoms with Crippen LogP contribution >= 0.6 is 11.6 Å². The maximum Gasteiger partial charge on any atom is 0.170 e. The van der Waals surface area contributed by atoms with Crippen molar-refractivity contribution in [2.24, 2.45) is 0 Å². The van der Waals surface area contributed by atoms with Crippen LogP contribution in [0.5, 0.6) is 0 Å². The Morgan fingerprint density at radius 3 is 2.95 bits per heavy atom. The molecule has 0 unspecified atom stereocenters. The number of hydrogen-bond donors (Lipinski definition) is 2. The molecule has 0 atom stereocenters. The lowest BCUT2D eigenvalue weighted by molar-refractivity contribution is 0.111. The second kappa shape index (κ2) is 4.61.